The average Bonchev–Trinajstić information content (AvgIpc) is 2.73. The Kier molecular flexibility index (Phi) is 6.72. The second-order valence-electron chi connectivity index (χ2n) is 7.56. The molecule has 0 saturated carbocycles. The molecule has 1 N–H and O–H groups in total. The number of nitrogens with zero attached hydrogens (tertiary/aromatic N) is 1. The van der Waals surface area contributed by atoms with Gasteiger partial charge < -0.3 is 14.7 Å². The molecule has 3 rings (SSSR count). The van der Waals surface area contributed by atoms with E-state index >= 15 is 4.39 Å². The molecule has 4 nitrogen and oxygen atoms in total. The maximum atomic E-state index is 15.2. The van der Waals surface area contributed by atoms with Crippen LogP contribution in [0.5, 0.6) is 5.75 Å². The number of halogens is 4. The minimum absolute atomic E-state index is 0.166. The van der Waals surface area contributed by atoms with E-state index in [1.165, 1.54) is 37.4 Å². The Morgan fingerprint density at radius 3 is 2.22 bits per heavy atom. The van der Waals surface area contributed by atoms with Crippen molar-refractivity contribution < 1.29 is 32.2 Å². The molecule has 32 heavy (non-hydrogen) atoms. The minimum Gasteiger partial charge on any atom is -0.478 e. The van der Waals surface area contributed by atoms with Gasteiger partial charge in [-0.3, -0.25) is 0 Å². The first-order valence-corrected chi connectivity index (χ1v) is 9.76. The van der Waals surface area contributed by atoms with Crippen LogP contribution < -0.4 is 9.64 Å². The van der Waals surface area contributed by atoms with Gasteiger partial charge in [-0.25, -0.2) is 22.4 Å². The molecule has 0 aliphatic rings. The summed E-state index contributed by atoms with van der Waals surface area (Å²) in [6.45, 7) is 3.17. The highest BCUT2D eigenvalue weighted by atomic mass is 19.1. The first kappa shape index (κ1) is 23.1. The number of hydrogen-bond acceptors (Lipinski definition) is 3. The van der Waals surface area contributed by atoms with Crippen molar-refractivity contribution >= 4 is 17.3 Å². The van der Waals surface area contributed by atoms with Crippen LogP contribution in [0.15, 0.2) is 54.6 Å². The Morgan fingerprint density at radius 2 is 1.59 bits per heavy atom. The average molecular weight is 447 g/mol. The van der Waals surface area contributed by atoms with Crippen LogP contribution in [0.2, 0.25) is 0 Å². The predicted molar refractivity (Wildman–Crippen MR) is 113 cm³/mol. The van der Waals surface area contributed by atoms with Gasteiger partial charge in [-0.2, -0.15) is 0 Å². The molecule has 0 heterocycles. The van der Waals surface area contributed by atoms with Crippen LogP contribution in [0.4, 0.5) is 28.9 Å². The SMILES string of the molecule is CC(C)C(Oc1ccc(F)c(N(C)c2cc(-c3cccc(F)c3)ccc2F)c1F)C(=O)O. The van der Waals surface area contributed by atoms with Crippen molar-refractivity contribution in [1.82, 2.24) is 0 Å². The zero-order chi connectivity index (χ0) is 23.6. The molecule has 0 spiro atoms. The molecule has 3 aromatic rings. The lowest BCUT2D eigenvalue weighted by atomic mass is 10.0. The van der Waals surface area contributed by atoms with E-state index in [1.807, 2.05) is 0 Å². The number of benzene rings is 3. The van der Waals surface area contributed by atoms with Crippen LogP contribution in [-0.2, 0) is 4.79 Å². The minimum atomic E-state index is -1.36. The lowest BCUT2D eigenvalue weighted by molar-refractivity contribution is -0.147. The zero-order valence-corrected chi connectivity index (χ0v) is 17.6. The van der Waals surface area contributed by atoms with E-state index in [9.17, 15) is 23.1 Å². The molecular weight excluding hydrogens is 426 g/mol. The summed E-state index contributed by atoms with van der Waals surface area (Å²) in [7, 11) is 1.26. The number of carboxylic acid groups (broad SMARTS) is 1. The predicted octanol–water partition coefficient (Wildman–Crippen LogP) is 6.17. The van der Waals surface area contributed by atoms with Crippen LogP contribution in [-0.4, -0.2) is 24.2 Å². The second kappa shape index (κ2) is 9.30. The first-order chi connectivity index (χ1) is 15.1. The van der Waals surface area contributed by atoms with Crippen LogP contribution >= 0.6 is 0 Å². The summed E-state index contributed by atoms with van der Waals surface area (Å²) >= 11 is 0. The van der Waals surface area contributed by atoms with Crippen molar-refractivity contribution in [2.24, 2.45) is 5.92 Å². The Bertz CT molecular complexity index is 1150. The molecule has 0 saturated heterocycles. The number of rotatable bonds is 7. The van der Waals surface area contributed by atoms with Gasteiger partial charge in [0.15, 0.2) is 17.7 Å². The molecule has 1 atom stereocenters. The summed E-state index contributed by atoms with van der Waals surface area (Å²) in [5, 5.41) is 9.29. The van der Waals surface area contributed by atoms with Gasteiger partial charge in [0.2, 0.25) is 0 Å². The highest BCUT2D eigenvalue weighted by Gasteiger charge is 2.28. The Morgan fingerprint density at radius 1 is 0.938 bits per heavy atom. The molecule has 0 aliphatic heterocycles. The van der Waals surface area contributed by atoms with Gasteiger partial charge in [0.25, 0.3) is 0 Å². The highest BCUT2D eigenvalue weighted by molar-refractivity contribution is 5.75. The first-order valence-electron chi connectivity index (χ1n) is 9.76. The fraction of sp³-hybridized carbons (Fsp3) is 0.208. The van der Waals surface area contributed by atoms with E-state index in [4.69, 9.17) is 4.74 Å². The van der Waals surface area contributed by atoms with E-state index in [0.29, 0.717) is 11.1 Å². The molecule has 0 radical (unpaired) electrons. The molecule has 0 aliphatic carbocycles. The molecule has 8 heteroatoms. The monoisotopic (exact) mass is 447 g/mol. The van der Waals surface area contributed by atoms with Gasteiger partial charge in [0.1, 0.15) is 23.1 Å². The molecule has 0 aromatic heterocycles. The fourth-order valence-electron chi connectivity index (χ4n) is 3.27. The lowest BCUT2D eigenvalue weighted by Gasteiger charge is -2.24. The molecule has 3 aromatic carbocycles. The molecule has 0 amide bonds. The van der Waals surface area contributed by atoms with Gasteiger partial charge in [-0.1, -0.05) is 32.0 Å². The molecule has 0 fully saturated rings. The maximum absolute atomic E-state index is 15.2. The van der Waals surface area contributed by atoms with Gasteiger partial charge >= 0.3 is 5.97 Å². The van der Waals surface area contributed by atoms with Crippen molar-refractivity contribution in [3.8, 4) is 16.9 Å². The second-order valence-corrected chi connectivity index (χ2v) is 7.56. The smallest absolute Gasteiger partial charge is 0.345 e. The zero-order valence-electron chi connectivity index (χ0n) is 17.6. The molecule has 168 valence electrons. The van der Waals surface area contributed by atoms with Gasteiger partial charge in [0.05, 0.1) is 5.69 Å². The lowest BCUT2D eigenvalue weighted by Crippen LogP contribution is -2.32. The third-order valence-corrected chi connectivity index (χ3v) is 4.94. The third kappa shape index (κ3) is 4.69. The summed E-state index contributed by atoms with van der Waals surface area (Å²) in [5.74, 6) is -5.67. The third-order valence-electron chi connectivity index (χ3n) is 4.94. The van der Waals surface area contributed by atoms with Crippen LogP contribution in [0.25, 0.3) is 11.1 Å². The number of anilines is 2. The molecular formula is C24H21F4NO3. The van der Waals surface area contributed by atoms with Crippen molar-refractivity contribution in [1.29, 1.82) is 0 Å². The van der Waals surface area contributed by atoms with E-state index in [2.05, 4.69) is 0 Å². The topological polar surface area (TPSA) is 49.8 Å². The van der Waals surface area contributed by atoms with Crippen molar-refractivity contribution in [2.45, 2.75) is 20.0 Å². The number of ether oxygens (including phenoxy) is 1. The Hall–Kier alpha value is -3.55. The van der Waals surface area contributed by atoms with E-state index < -0.39 is 52.7 Å². The van der Waals surface area contributed by atoms with Gasteiger partial charge in [0, 0.05) is 13.0 Å². The quantitative estimate of drug-likeness (QED) is 0.441. The Balaban J connectivity index is 2.05. The van der Waals surface area contributed by atoms with E-state index in [1.54, 1.807) is 19.9 Å². The summed E-state index contributed by atoms with van der Waals surface area (Å²) in [6.07, 6.45) is -1.36. The van der Waals surface area contributed by atoms with Crippen LogP contribution in [0, 0.1) is 29.2 Å². The van der Waals surface area contributed by atoms with E-state index in [0.717, 1.165) is 23.1 Å². The normalized spacial score (nSPS) is 12.0. The van der Waals surface area contributed by atoms with Crippen LogP contribution in [0.3, 0.4) is 0 Å². The summed E-state index contributed by atoms with van der Waals surface area (Å²) in [5.41, 5.74) is 0.108. The van der Waals surface area contributed by atoms with Crippen LogP contribution in [0.1, 0.15) is 13.8 Å². The number of hydrogen-bond donors (Lipinski definition) is 1. The largest absolute Gasteiger partial charge is 0.478 e. The number of carbonyl (C=O) groups is 1. The van der Waals surface area contributed by atoms with Gasteiger partial charge in [-0.15, -0.1) is 0 Å². The summed E-state index contributed by atoms with van der Waals surface area (Å²) in [6, 6.07) is 11.4. The van der Waals surface area contributed by atoms with Crippen molar-refractivity contribution in [3.63, 3.8) is 0 Å². The summed E-state index contributed by atoms with van der Waals surface area (Å²) in [4.78, 5) is 12.4. The number of carboxylic acids is 1. The van der Waals surface area contributed by atoms with Gasteiger partial charge in [-0.05, 0) is 47.5 Å². The number of aliphatic carboxylic acids is 1. The standard InChI is InChI=1S/C24H21F4NO3/c1-13(2)23(24(30)31)32-20-10-9-18(27)22(21(20)28)29(3)19-12-15(7-8-17(19)26)14-5-4-6-16(25)11-14/h4-13,23H,1-3H3,(H,30,31). The molecule has 0 bridgehead atoms. The van der Waals surface area contributed by atoms with E-state index in [-0.39, 0.29) is 5.69 Å². The fourth-order valence-corrected chi connectivity index (χ4v) is 3.27. The maximum Gasteiger partial charge on any atom is 0.345 e. The van der Waals surface area contributed by atoms with Crippen molar-refractivity contribution in [2.75, 3.05) is 11.9 Å². The summed E-state index contributed by atoms with van der Waals surface area (Å²) < 4.78 is 63.3. The Labute approximate surface area is 182 Å². The molecule has 1 unspecified atom stereocenters. The van der Waals surface area contributed by atoms with Crippen molar-refractivity contribution in [3.05, 3.63) is 77.9 Å². The highest BCUT2D eigenvalue weighted by Crippen LogP contribution is 2.37.